The molecule has 0 saturated heterocycles. The molecule has 5 nitrogen and oxygen atoms in total. The molecule has 0 atom stereocenters. The Balaban J connectivity index is 2.11. The van der Waals surface area contributed by atoms with Crippen molar-refractivity contribution in [2.45, 2.75) is 16.8 Å². The zero-order valence-electron chi connectivity index (χ0n) is 13.2. The van der Waals surface area contributed by atoms with Gasteiger partial charge in [0, 0.05) is 21.6 Å². The van der Waals surface area contributed by atoms with E-state index in [9.17, 15) is 8.42 Å². The number of rotatable bonds is 5. The molecule has 0 fully saturated rings. The fourth-order valence-electron chi connectivity index (χ4n) is 2.20. The molecule has 0 aliphatic heterocycles. The molecule has 0 saturated carbocycles. The summed E-state index contributed by atoms with van der Waals surface area (Å²) >= 11 is 9.18. The molecular formula is C17H14BrClN2O3S. The molecule has 1 aromatic heterocycles. The molecule has 25 heavy (non-hydrogen) atoms. The van der Waals surface area contributed by atoms with Gasteiger partial charge in [-0.05, 0) is 55.5 Å². The molecule has 3 aromatic rings. The third-order valence-corrected chi connectivity index (χ3v) is 5.86. The molecule has 0 amide bonds. The first-order chi connectivity index (χ1) is 11.9. The van der Waals surface area contributed by atoms with E-state index in [2.05, 4.69) is 26.2 Å². The highest BCUT2D eigenvalue weighted by Gasteiger charge is 2.28. The van der Waals surface area contributed by atoms with Crippen molar-refractivity contribution in [3.8, 4) is 11.5 Å². The summed E-state index contributed by atoms with van der Waals surface area (Å²) < 4.78 is 32.3. The first-order valence-corrected chi connectivity index (χ1v) is 10.1. The fourth-order valence-corrected chi connectivity index (χ4v) is 3.87. The Kier molecular flexibility index (Phi) is 5.17. The first-order valence-electron chi connectivity index (χ1n) is 7.43. The van der Waals surface area contributed by atoms with Crippen molar-refractivity contribution in [1.82, 2.24) is 4.98 Å². The van der Waals surface area contributed by atoms with Crippen LogP contribution in [0.25, 0.3) is 11.5 Å². The summed E-state index contributed by atoms with van der Waals surface area (Å²) in [4.78, 5) is 4.37. The van der Waals surface area contributed by atoms with Crippen LogP contribution in [0.4, 0.5) is 5.88 Å². The molecule has 0 aliphatic rings. The van der Waals surface area contributed by atoms with Gasteiger partial charge >= 0.3 is 0 Å². The second kappa shape index (κ2) is 7.19. The quantitative estimate of drug-likeness (QED) is 0.602. The SMILES string of the molecule is CCNc1oc(-c2ccc(Cl)cc2)nc1S(=O)(=O)c1ccc(Br)cc1. The zero-order chi connectivity index (χ0) is 18.0. The molecule has 0 unspecified atom stereocenters. The minimum absolute atomic E-state index is 0.121. The zero-order valence-corrected chi connectivity index (χ0v) is 16.3. The number of nitrogens with zero attached hydrogens (tertiary/aromatic N) is 1. The summed E-state index contributed by atoms with van der Waals surface area (Å²) in [5, 5.41) is 3.36. The standard InChI is InChI=1S/C17H14BrClN2O3S/c1-2-20-16-17(25(22,23)14-9-5-12(18)6-10-14)21-15(24-16)11-3-7-13(19)8-4-11/h3-10,20H,2H2,1H3. The topological polar surface area (TPSA) is 72.2 Å². The van der Waals surface area contributed by atoms with Gasteiger partial charge in [0.1, 0.15) is 0 Å². The average Bonchev–Trinajstić information content (AvgIpc) is 3.01. The van der Waals surface area contributed by atoms with E-state index >= 15 is 0 Å². The average molecular weight is 442 g/mol. The Bertz CT molecular complexity index is 984. The van der Waals surface area contributed by atoms with Crippen LogP contribution in [0.1, 0.15) is 6.92 Å². The fraction of sp³-hybridized carbons (Fsp3) is 0.118. The molecule has 0 aliphatic carbocycles. The van der Waals surface area contributed by atoms with Gasteiger partial charge in [0.15, 0.2) is 0 Å². The molecule has 8 heteroatoms. The molecule has 3 rings (SSSR count). The number of halogens is 2. The lowest BCUT2D eigenvalue weighted by Crippen LogP contribution is -2.07. The number of anilines is 1. The molecule has 2 aromatic carbocycles. The molecule has 0 radical (unpaired) electrons. The number of nitrogens with one attached hydrogen (secondary N) is 1. The summed E-state index contributed by atoms with van der Waals surface area (Å²) in [6.45, 7) is 2.35. The van der Waals surface area contributed by atoms with E-state index in [4.69, 9.17) is 16.0 Å². The van der Waals surface area contributed by atoms with Crippen molar-refractivity contribution in [3.05, 3.63) is 58.0 Å². The van der Waals surface area contributed by atoms with Gasteiger partial charge in [0.25, 0.3) is 0 Å². The van der Waals surface area contributed by atoms with E-state index in [-0.39, 0.29) is 21.7 Å². The van der Waals surface area contributed by atoms with Crippen LogP contribution in [0.2, 0.25) is 5.02 Å². The summed E-state index contributed by atoms with van der Waals surface area (Å²) in [6.07, 6.45) is 0. The van der Waals surface area contributed by atoms with Crippen LogP contribution in [0.15, 0.2) is 67.3 Å². The highest BCUT2D eigenvalue weighted by atomic mass is 79.9. The second-order valence-corrected chi connectivity index (χ2v) is 8.36. The summed E-state index contributed by atoms with van der Waals surface area (Å²) in [5.74, 6) is 0.332. The molecular weight excluding hydrogens is 428 g/mol. The highest BCUT2D eigenvalue weighted by Crippen LogP contribution is 2.33. The molecule has 1 heterocycles. The molecule has 0 spiro atoms. The largest absolute Gasteiger partial charge is 0.419 e. The summed E-state index contributed by atoms with van der Waals surface area (Å²) in [5.41, 5.74) is 0.640. The predicted molar refractivity (Wildman–Crippen MR) is 101 cm³/mol. The van der Waals surface area contributed by atoms with Gasteiger partial charge in [-0.15, -0.1) is 0 Å². The van der Waals surface area contributed by atoms with Crippen LogP contribution in [0.3, 0.4) is 0 Å². The van der Waals surface area contributed by atoms with Crippen LogP contribution in [-0.4, -0.2) is 19.9 Å². The van der Waals surface area contributed by atoms with Crippen molar-refractivity contribution in [2.24, 2.45) is 0 Å². The van der Waals surface area contributed by atoms with E-state index in [0.717, 1.165) is 4.47 Å². The van der Waals surface area contributed by atoms with Gasteiger partial charge in [-0.25, -0.2) is 8.42 Å². The maximum Gasteiger partial charge on any atom is 0.233 e. The van der Waals surface area contributed by atoms with Gasteiger partial charge in [0.2, 0.25) is 26.6 Å². The van der Waals surface area contributed by atoms with E-state index < -0.39 is 9.84 Å². The Labute approximate surface area is 159 Å². The summed E-state index contributed by atoms with van der Waals surface area (Å²) in [6, 6.07) is 13.2. The van der Waals surface area contributed by atoms with Crippen molar-refractivity contribution >= 4 is 43.3 Å². The van der Waals surface area contributed by atoms with E-state index in [1.54, 1.807) is 36.4 Å². The number of benzene rings is 2. The Morgan fingerprint density at radius 3 is 2.36 bits per heavy atom. The third-order valence-electron chi connectivity index (χ3n) is 3.40. The Morgan fingerprint density at radius 2 is 1.76 bits per heavy atom. The maximum atomic E-state index is 12.9. The van der Waals surface area contributed by atoms with Gasteiger partial charge in [0.05, 0.1) is 4.90 Å². The van der Waals surface area contributed by atoms with Gasteiger partial charge in [-0.2, -0.15) is 4.98 Å². The highest BCUT2D eigenvalue weighted by molar-refractivity contribution is 9.10. The van der Waals surface area contributed by atoms with Crippen LogP contribution in [0, 0.1) is 0 Å². The van der Waals surface area contributed by atoms with E-state index in [0.29, 0.717) is 17.1 Å². The Hall–Kier alpha value is -1.83. The number of hydrogen-bond acceptors (Lipinski definition) is 5. The number of hydrogen-bond donors (Lipinski definition) is 1. The first kappa shape index (κ1) is 18.0. The second-order valence-electron chi connectivity index (χ2n) is 5.15. The Morgan fingerprint density at radius 1 is 1.12 bits per heavy atom. The monoisotopic (exact) mass is 440 g/mol. The minimum atomic E-state index is -3.82. The van der Waals surface area contributed by atoms with Crippen molar-refractivity contribution in [3.63, 3.8) is 0 Å². The molecule has 130 valence electrons. The van der Waals surface area contributed by atoms with E-state index in [1.165, 1.54) is 12.1 Å². The van der Waals surface area contributed by atoms with Crippen LogP contribution in [-0.2, 0) is 9.84 Å². The van der Waals surface area contributed by atoms with Gasteiger partial charge in [-0.1, -0.05) is 27.5 Å². The van der Waals surface area contributed by atoms with Crippen LogP contribution < -0.4 is 5.32 Å². The number of sulfone groups is 1. The van der Waals surface area contributed by atoms with Gasteiger partial charge < -0.3 is 9.73 Å². The lowest BCUT2D eigenvalue weighted by Gasteiger charge is -2.04. The van der Waals surface area contributed by atoms with E-state index in [1.807, 2.05) is 6.92 Å². The molecule has 0 bridgehead atoms. The predicted octanol–water partition coefficient (Wildman–Crippen LogP) is 5.02. The smallest absolute Gasteiger partial charge is 0.233 e. The third kappa shape index (κ3) is 3.73. The van der Waals surface area contributed by atoms with Crippen LogP contribution >= 0.6 is 27.5 Å². The minimum Gasteiger partial charge on any atom is -0.419 e. The van der Waals surface area contributed by atoms with Crippen molar-refractivity contribution in [2.75, 3.05) is 11.9 Å². The summed E-state index contributed by atoms with van der Waals surface area (Å²) in [7, 11) is -3.82. The number of aromatic nitrogens is 1. The van der Waals surface area contributed by atoms with Crippen molar-refractivity contribution < 1.29 is 12.8 Å². The normalized spacial score (nSPS) is 11.5. The molecule has 1 N–H and O–H groups in total. The lowest BCUT2D eigenvalue weighted by atomic mass is 10.2. The maximum absolute atomic E-state index is 12.9. The number of oxazole rings is 1. The van der Waals surface area contributed by atoms with Crippen molar-refractivity contribution in [1.29, 1.82) is 0 Å². The van der Waals surface area contributed by atoms with Gasteiger partial charge in [-0.3, -0.25) is 0 Å². The lowest BCUT2D eigenvalue weighted by molar-refractivity contribution is 0.578. The van der Waals surface area contributed by atoms with Crippen LogP contribution in [0.5, 0.6) is 0 Å².